The summed E-state index contributed by atoms with van der Waals surface area (Å²) in [5.41, 5.74) is 1.48. The Labute approximate surface area is 168 Å². The number of aliphatic hydroxyl groups is 1. The van der Waals surface area contributed by atoms with Gasteiger partial charge in [-0.3, -0.25) is 4.79 Å². The maximum atomic E-state index is 12.1. The fourth-order valence-electron chi connectivity index (χ4n) is 9.27. The van der Waals surface area contributed by atoms with Gasteiger partial charge in [0.1, 0.15) is 0 Å². The molecule has 3 nitrogen and oxygen atoms in total. The van der Waals surface area contributed by atoms with E-state index >= 15 is 0 Å². The molecule has 0 aromatic rings. The maximum Gasteiger partial charge on any atom is 0.175 e. The van der Waals surface area contributed by atoms with Gasteiger partial charge in [0.05, 0.1) is 5.60 Å². The van der Waals surface area contributed by atoms with Crippen LogP contribution in [0.1, 0.15) is 65.2 Å². The monoisotopic (exact) mass is 382 g/mol. The molecule has 152 valence electrons. The highest BCUT2D eigenvalue weighted by molar-refractivity contribution is 5.91. The van der Waals surface area contributed by atoms with Crippen LogP contribution >= 0.6 is 0 Å². The Morgan fingerprint density at radius 3 is 2.82 bits per heavy atom. The number of ether oxygens (including phenoxy) is 1. The number of carbonyl (C=O) groups excluding carboxylic acids is 1. The average molecular weight is 383 g/mol. The van der Waals surface area contributed by atoms with Gasteiger partial charge in [-0.05, 0) is 92.1 Å². The lowest BCUT2D eigenvalue weighted by atomic mass is 9.45. The molecule has 1 heterocycles. The first-order chi connectivity index (χ1) is 13.5. The Morgan fingerprint density at radius 2 is 2.11 bits per heavy atom. The fourth-order valence-corrected chi connectivity index (χ4v) is 9.27. The largest absolute Gasteiger partial charge is 0.365 e. The molecule has 1 aliphatic heterocycles. The first kappa shape index (κ1) is 17.9. The molecule has 5 aliphatic carbocycles. The molecule has 28 heavy (non-hydrogen) atoms. The number of carbonyl (C=O) groups is 1. The summed E-state index contributed by atoms with van der Waals surface area (Å²) in [7, 11) is 0. The van der Waals surface area contributed by atoms with Crippen LogP contribution in [0.3, 0.4) is 0 Å². The first-order valence-electron chi connectivity index (χ1n) is 11.8. The van der Waals surface area contributed by atoms with Crippen LogP contribution in [0.5, 0.6) is 0 Å². The molecule has 1 N–H and O–H groups in total. The number of allylic oxidation sites excluding steroid dienone is 1. The molecule has 10 atom stereocenters. The highest BCUT2D eigenvalue weighted by atomic mass is 16.6. The molecule has 6 rings (SSSR count). The van der Waals surface area contributed by atoms with Gasteiger partial charge in [-0.25, -0.2) is 0 Å². The van der Waals surface area contributed by atoms with Crippen molar-refractivity contribution in [1.82, 2.24) is 0 Å². The summed E-state index contributed by atoms with van der Waals surface area (Å²) >= 11 is 0. The van der Waals surface area contributed by atoms with Crippen molar-refractivity contribution in [2.45, 2.75) is 77.1 Å². The van der Waals surface area contributed by atoms with Crippen molar-refractivity contribution in [1.29, 1.82) is 0 Å². The van der Waals surface area contributed by atoms with Gasteiger partial charge in [0.2, 0.25) is 0 Å². The molecule has 0 aromatic heterocycles. The summed E-state index contributed by atoms with van der Waals surface area (Å²) in [6.07, 6.45) is 14.7. The SMILES string of the molecule is CC[C@@H]1CC2=CC(=O)CC[C@@H]2C2CC[C@@]3(CC)C(C21)[C@@H]1C[C@@H]1[C@@]31C=CC(O)O1. The number of rotatable bonds is 2. The second-order valence-electron chi connectivity index (χ2n) is 10.7. The molecule has 0 saturated heterocycles. The molecular formula is C25H34O3. The number of aliphatic hydroxyl groups excluding tert-OH is 1. The number of hydrogen-bond acceptors (Lipinski definition) is 3. The highest BCUT2D eigenvalue weighted by Gasteiger charge is 2.78. The predicted octanol–water partition coefficient (Wildman–Crippen LogP) is 4.65. The van der Waals surface area contributed by atoms with Crippen LogP contribution in [0.4, 0.5) is 0 Å². The molecule has 4 saturated carbocycles. The topological polar surface area (TPSA) is 46.5 Å². The zero-order valence-electron chi connectivity index (χ0n) is 17.3. The lowest BCUT2D eigenvalue weighted by Crippen LogP contribution is -2.57. The van der Waals surface area contributed by atoms with Crippen molar-refractivity contribution in [3.63, 3.8) is 0 Å². The normalized spacial score (nSPS) is 56.1. The molecule has 6 aliphatic rings. The van der Waals surface area contributed by atoms with E-state index in [1.807, 2.05) is 12.2 Å². The van der Waals surface area contributed by atoms with Crippen LogP contribution in [0.15, 0.2) is 23.8 Å². The molecule has 1 spiro atoms. The van der Waals surface area contributed by atoms with E-state index in [0.29, 0.717) is 23.5 Å². The standard InChI is InChI=1S/C25H34O3/c1-3-14-11-15-12-16(26)5-6-17(15)18-7-9-24(4-2)23(22(14)18)19-13-20(19)25(24)10-8-21(27)28-25/h8,10,12,14,17-23,27H,3-7,9,11,13H2,1-2H3/t14-,17+,18?,19-,20+,21?,22?,23?,24+,25+/m1/s1. The third kappa shape index (κ3) is 2.01. The molecule has 0 amide bonds. The number of fused-ring (bicyclic) bond motifs is 9. The zero-order valence-corrected chi connectivity index (χ0v) is 17.3. The van der Waals surface area contributed by atoms with E-state index in [4.69, 9.17) is 4.74 Å². The van der Waals surface area contributed by atoms with Gasteiger partial charge < -0.3 is 9.84 Å². The van der Waals surface area contributed by atoms with E-state index in [0.717, 1.165) is 49.4 Å². The summed E-state index contributed by atoms with van der Waals surface area (Å²) in [4.78, 5) is 12.1. The highest BCUT2D eigenvalue weighted by Crippen LogP contribution is 2.79. The van der Waals surface area contributed by atoms with E-state index in [9.17, 15) is 9.90 Å². The maximum absolute atomic E-state index is 12.1. The minimum absolute atomic E-state index is 0.203. The van der Waals surface area contributed by atoms with Crippen LogP contribution in [0.25, 0.3) is 0 Å². The first-order valence-corrected chi connectivity index (χ1v) is 11.8. The van der Waals surface area contributed by atoms with Gasteiger partial charge in [0.25, 0.3) is 0 Å². The smallest absolute Gasteiger partial charge is 0.175 e. The Balaban J connectivity index is 1.43. The Hall–Kier alpha value is -0.930. The van der Waals surface area contributed by atoms with Crippen molar-refractivity contribution in [2.75, 3.05) is 0 Å². The van der Waals surface area contributed by atoms with Crippen LogP contribution in [-0.2, 0) is 9.53 Å². The Morgan fingerprint density at radius 1 is 1.25 bits per heavy atom. The van der Waals surface area contributed by atoms with Gasteiger partial charge in [0, 0.05) is 11.8 Å². The fraction of sp³-hybridized carbons (Fsp3) is 0.800. The molecule has 4 fully saturated rings. The zero-order chi connectivity index (χ0) is 19.3. The summed E-state index contributed by atoms with van der Waals surface area (Å²) in [5.74, 6) is 5.40. The van der Waals surface area contributed by atoms with Gasteiger partial charge in [0.15, 0.2) is 12.1 Å². The van der Waals surface area contributed by atoms with Crippen molar-refractivity contribution >= 4 is 5.78 Å². The summed E-state index contributed by atoms with van der Waals surface area (Å²) in [6.45, 7) is 4.73. The minimum Gasteiger partial charge on any atom is -0.365 e. The van der Waals surface area contributed by atoms with Crippen LogP contribution in [0.2, 0.25) is 0 Å². The lowest BCUT2D eigenvalue weighted by molar-refractivity contribution is -0.205. The molecule has 4 unspecified atom stereocenters. The minimum atomic E-state index is -0.714. The van der Waals surface area contributed by atoms with E-state index < -0.39 is 6.29 Å². The average Bonchev–Trinajstić information content (AvgIpc) is 3.34. The summed E-state index contributed by atoms with van der Waals surface area (Å²) in [5, 5.41) is 10.3. The van der Waals surface area contributed by atoms with E-state index in [2.05, 4.69) is 19.9 Å². The third-order valence-electron chi connectivity index (χ3n) is 10.2. The predicted molar refractivity (Wildman–Crippen MR) is 107 cm³/mol. The Bertz CT molecular complexity index is 768. The van der Waals surface area contributed by atoms with Gasteiger partial charge in [-0.2, -0.15) is 0 Å². The second-order valence-corrected chi connectivity index (χ2v) is 10.7. The number of ketones is 1. The van der Waals surface area contributed by atoms with Crippen molar-refractivity contribution in [2.24, 2.45) is 46.8 Å². The van der Waals surface area contributed by atoms with Gasteiger partial charge in [-0.1, -0.05) is 31.9 Å². The van der Waals surface area contributed by atoms with E-state index in [1.54, 1.807) is 0 Å². The molecule has 0 aromatic carbocycles. The van der Waals surface area contributed by atoms with Crippen LogP contribution in [0, 0.1) is 46.8 Å². The molecule has 0 radical (unpaired) electrons. The summed E-state index contributed by atoms with van der Waals surface area (Å²) in [6, 6.07) is 0. The molecule has 3 heteroatoms. The van der Waals surface area contributed by atoms with E-state index in [-0.39, 0.29) is 11.0 Å². The van der Waals surface area contributed by atoms with Crippen molar-refractivity contribution in [3.8, 4) is 0 Å². The van der Waals surface area contributed by atoms with Crippen LogP contribution < -0.4 is 0 Å². The third-order valence-corrected chi connectivity index (χ3v) is 10.2. The second kappa shape index (κ2) is 5.82. The quantitative estimate of drug-likeness (QED) is 0.707. The number of hydrogen-bond donors (Lipinski definition) is 1. The lowest BCUT2D eigenvalue weighted by Gasteiger charge is -2.60. The van der Waals surface area contributed by atoms with Crippen molar-refractivity contribution in [3.05, 3.63) is 23.8 Å². The van der Waals surface area contributed by atoms with Gasteiger partial charge >= 0.3 is 0 Å². The molecule has 0 bridgehead atoms. The van der Waals surface area contributed by atoms with E-state index in [1.165, 1.54) is 31.3 Å². The Kier molecular flexibility index (Phi) is 3.72. The van der Waals surface area contributed by atoms with Crippen LogP contribution in [-0.4, -0.2) is 22.8 Å². The summed E-state index contributed by atoms with van der Waals surface area (Å²) < 4.78 is 6.39. The van der Waals surface area contributed by atoms with Crippen molar-refractivity contribution < 1.29 is 14.6 Å². The van der Waals surface area contributed by atoms with Gasteiger partial charge in [-0.15, -0.1) is 0 Å². The molecular weight excluding hydrogens is 348 g/mol.